The maximum Gasteiger partial charge on any atom is 0.317 e. The van der Waals surface area contributed by atoms with Crippen LogP contribution in [0.2, 0.25) is 0 Å². The third kappa shape index (κ3) is 18.8. The first-order valence-electron chi connectivity index (χ1n) is 14.3. The van der Waals surface area contributed by atoms with E-state index in [1.165, 1.54) is 58.3 Å². The van der Waals surface area contributed by atoms with Gasteiger partial charge in [-0.2, -0.15) is 0 Å². The minimum absolute atomic E-state index is 0. The van der Waals surface area contributed by atoms with Crippen molar-refractivity contribution in [2.45, 2.75) is 22.9 Å². The zero-order valence-corrected chi connectivity index (χ0v) is 31.3. The molecule has 0 spiro atoms. The molecule has 0 aromatic heterocycles. The van der Waals surface area contributed by atoms with Gasteiger partial charge in [0, 0.05) is 45.7 Å². The van der Waals surface area contributed by atoms with Gasteiger partial charge in [0.05, 0.1) is 62.4 Å². The van der Waals surface area contributed by atoms with Crippen molar-refractivity contribution in [3.8, 4) is 0 Å². The van der Waals surface area contributed by atoms with Gasteiger partial charge in [-0.3, -0.25) is 29.0 Å². The SMILES string of the molecule is NS(=O)(=O)c1ccc(CNC(=O)CN(CCOCCOCCN(CC(=O)O)CC(=O)NCc2ccc(S(N)(=O)=O)cc2)CC(=O)O)cc1.[Zn]. The number of carboxylic acid groups (broad SMARTS) is 2. The minimum atomic E-state index is -3.84. The fraction of sp³-hybridized carbons (Fsp3) is 0.429. The van der Waals surface area contributed by atoms with E-state index in [-0.39, 0.29) is 95.0 Å². The first-order valence-corrected chi connectivity index (χ1v) is 17.4. The molecule has 21 heteroatoms. The molecule has 268 valence electrons. The first kappa shape index (κ1) is 43.6. The van der Waals surface area contributed by atoms with Crippen molar-refractivity contribution in [1.29, 1.82) is 0 Å². The van der Waals surface area contributed by atoms with E-state index in [1.54, 1.807) is 0 Å². The van der Waals surface area contributed by atoms with Crippen molar-refractivity contribution >= 4 is 43.8 Å². The predicted molar refractivity (Wildman–Crippen MR) is 169 cm³/mol. The number of hydrogen-bond acceptors (Lipinski definition) is 12. The fourth-order valence-electron chi connectivity index (χ4n) is 4.03. The summed E-state index contributed by atoms with van der Waals surface area (Å²) < 4.78 is 56.3. The molecule has 8 N–H and O–H groups in total. The Morgan fingerprint density at radius 2 is 0.918 bits per heavy atom. The number of nitrogens with one attached hydrogen (secondary N) is 2. The number of nitrogens with two attached hydrogens (primary N) is 2. The van der Waals surface area contributed by atoms with Crippen LogP contribution in [0.1, 0.15) is 11.1 Å². The van der Waals surface area contributed by atoms with E-state index in [0.717, 1.165) is 0 Å². The summed E-state index contributed by atoms with van der Waals surface area (Å²) in [5.74, 6) is -3.17. The Bertz CT molecular complexity index is 1480. The number of aliphatic carboxylic acids is 2. The molecule has 0 saturated carbocycles. The van der Waals surface area contributed by atoms with Crippen LogP contribution in [0, 0.1) is 0 Å². The number of carbonyl (C=O) groups is 4. The number of nitrogens with zero attached hydrogens (tertiary/aromatic N) is 2. The van der Waals surface area contributed by atoms with Crippen LogP contribution in [0.5, 0.6) is 0 Å². The van der Waals surface area contributed by atoms with E-state index < -0.39 is 56.9 Å². The van der Waals surface area contributed by atoms with E-state index in [4.69, 9.17) is 19.8 Å². The summed E-state index contributed by atoms with van der Waals surface area (Å²) in [5.41, 5.74) is 1.23. The fourth-order valence-corrected chi connectivity index (χ4v) is 5.06. The molecule has 2 amide bonds. The maximum absolute atomic E-state index is 12.4. The molecule has 49 heavy (non-hydrogen) atoms. The van der Waals surface area contributed by atoms with Crippen molar-refractivity contribution in [2.24, 2.45) is 10.3 Å². The Kier molecular flexibility index (Phi) is 19.3. The Labute approximate surface area is 296 Å². The second-order valence-electron chi connectivity index (χ2n) is 10.4. The average Bonchev–Trinajstić information content (AvgIpc) is 2.99. The number of ether oxygens (including phenoxy) is 2. The van der Waals surface area contributed by atoms with Crippen molar-refractivity contribution in [3.05, 3.63) is 59.7 Å². The van der Waals surface area contributed by atoms with Gasteiger partial charge in [-0.25, -0.2) is 27.1 Å². The van der Waals surface area contributed by atoms with Gasteiger partial charge in [-0.15, -0.1) is 0 Å². The summed E-state index contributed by atoms with van der Waals surface area (Å²) in [6, 6.07) is 11.2. The van der Waals surface area contributed by atoms with Gasteiger partial charge < -0.3 is 30.3 Å². The van der Waals surface area contributed by atoms with Gasteiger partial charge in [0.15, 0.2) is 0 Å². The van der Waals surface area contributed by atoms with Gasteiger partial charge in [0.2, 0.25) is 31.9 Å². The zero-order valence-electron chi connectivity index (χ0n) is 26.7. The summed E-state index contributed by atoms with van der Waals surface area (Å²) in [6.07, 6.45) is 0. The number of carboxylic acids is 2. The molecule has 0 saturated heterocycles. The number of carbonyl (C=O) groups excluding carboxylic acids is 2. The van der Waals surface area contributed by atoms with Crippen LogP contribution in [0.4, 0.5) is 0 Å². The monoisotopic (exact) mass is 780 g/mol. The molecule has 2 aromatic carbocycles. The summed E-state index contributed by atoms with van der Waals surface area (Å²) in [7, 11) is -7.68. The molecule has 0 aliphatic rings. The zero-order chi connectivity index (χ0) is 35.7. The average molecular weight is 782 g/mol. The molecule has 18 nitrogen and oxygen atoms in total. The van der Waals surface area contributed by atoms with E-state index in [9.17, 15) is 46.2 Å². The Balaban J connectivity index is 0.0000120. The smallest absolute Gasteiger partial charge is 0.317 e. The molecule has 0 bridgehead atoms. The van der Waals surface area contributed by atoms with Crippen LogP contribution in [-0.4, -0.2) is 126 Å². The number of hydrogen-bond donors (Lipinski definition) is 6. The molecule has 0 radical (unpaired) electrons. The van der Waals surface area contributed by atoms with Crippen LogP contribution in [-0.2, 0) is 81.3 Å². The van der Waals surface area contributed by atoms with Crippen molar-refractivity contribution in [1.82, 2.24) is 20.4 Å². The minimum Gasteiger partial charge on any atom is -0.480 e. The Hall–Kier alpha value is -3.40. The molecule has 0 aliphatic carbocycles. The van der Waals surface area contributed by atoms with Gasteiger partial charge in [0.1, 0.15) is 0 Å². The maximum atomic E-state index is 12.4. The van der Waals surface area contributed by atoms with Gasteiger partial charge in [0.25, 0.3) is 0 Å². The summed E-state index contributed by atoms with van der Waals surface area (Å²) in [4.78, 5) is 49.8. The Morgan fingerprint density at radius 1 is 0.592 bits per heavy atom. The van der Waals surface area contributed by atoms with Crippen LogP contribution < -0.4 is 20.9 Å². The number of amides is 2. The first-order chi connectivity index (χ1) is 22.5. The molecule has 2 rings (SSSR count). The number of sulfonamides is 2. The third-order valence-corrected chi connectivity index (χ3v) is 8.27. The van der Waals surface area contributed by atoms with E-state index in [2.05, 4.69) is 10.6 Å². The van der Waals surface area contributed by atoms with Crippen molar-refractivity contribution in [3.63, 3.8) is 0 Å². The molecule has 0 aliphatic heterocycles. The molecular formula is C28H40N6O12S2Zn. The third-order valence-electron chi connectivity index (χ3n) is 6.41. The normalized spacial score (nSPS) is 11.6. The standard InChI is InChI=1S/C28H40N6O12S2.Zn/c29-47(41,42)23-5-1-21(2-6-23)15-31-25(35)17-33(19-27(37)38)9-11-45-13-14-46-12-10-34(20-28(39)40)18-26(36)32-16-22-3-7-24(8-4-22)48(30,43)44;/h1-8H,9-20H2,(H,31,35)(H,32,36)(H,37,38)(H,39,40)(H2,29,41,42)(H2,30,43,44);. The van der Waals surface area contributed by atoms with Gasteiger partial charge in [-0.1, -0.05) is 24.3 Å². The molecule has 2 aromatic rings. The summed E-state index contributed by atoms with van der Waals surface area (Å²) in [5, 5.41) is 33.8. The number of benzene rings is 2. The summed E-state index contributed by atoms with van der Waals surface area (Å²) >= 11 is 0. The van der Waals surface area contributed by atoms with Crippen LogP contribution in [0.3, 0.4) is 0 Å². The van der Waals surface area contributed by atoms with E-state index in [1.807, 2.05) is 0 Å². The number of primary sulfonamides is 2. The van der Waals surface area contributed by atoms with E-state index in [0.29, 0.717) is 11.1 Å². The van der Waals surface area contributed by atoms with Crippen LogP contribution in [0.25, 0.3) is 0 Å². The second-order valence-corrected chi connectivity index (χ2v) is 13.5. The molecular weight excluding hydrogens is 742 g/mol. The van der Waals surface area contributed by atoms with Gasteiger partial charge >= 0.3 is 11.9 Å². The number of rotatable bonds is 23. The molecule has 0 heterocycles. The quantitative estimate of drug-likeness (QED) is 0.0512. The topological polar surface area (TPSA) is 278 Å². The van der Waals surface area contributed by atoms with Crippen molar-refractivity contribution in [2.75, 3.05) is 65.7 Å². The Morgan fingerprint density at radius 3 is 1.20 bits per heavy atom. The molecule has 0 unspecified atom stereocenters. The second kappa shape index (κ2) is 21.6. The van der Waals surface area contributed by atoms with Crippen molar-refractivity contribution < 1.29 is 75.2 Å². The molecule has 0 atom stereocenters. The summed E-state index contributed by atoms with van der Waals surface area (Å²) in [6.45, 7) is -0.386. The van der Waals surface area contributed by atoms with Gasteiger partial charge in [-0.05, 0) is 35.4 Å². The molecule has 0 fully saturated rings. The van der Waals surface area contributed by atoms with Crippen LogP contribution in [0.15, 0.2) is 58.3 Å². The van der Waals surface area contributed by atoms with Crippen LogP contribution >= 0.6 is 0 Å². The van der Waals surface area contributed by atoms with E-state index >= 15 is 0 Å². The predicted octanol–water partition coefficient (Wildman–Crippen LogP) is -2.28. The largest absolute Gasteiger partial charge is 0.480 e.